The van der Waals surface area contributed by atoms with E-state index in [9.17, 15) is 0 Å². The predicted molar refractivity (Wildman–Crippen MR) is 253 cm³/mol. The Bertz CT molecular complexity index is 2490. The quantitative estimate of drug-likeness (QED) is 0.0906. The molecule has 0 aromatic heterocycles. The summed E-state index contributed by atoms with van der Waals surface area (Å²) in [6.07, 6.45) is 23.6. The van der Waals surface area contributed by atoms with Crippen LogP contribution >= 0.6 is 0 Å². The molecule has 0 fully saturated rings. The summed E-state index contributed by atoms with van der Waals surface area (Å²) >= 11 is 0. The van der Waals surface area contributed by atoms with E-state index in [1.54, 1.807) is 0 Å². The largest absolute Gasteiger partial charge is 0.311 e. The molecule has 2 unspecified atom stereocenters. The molecule has 59 heavy (non-hydrogen) atoms. The molecule has 0 aliphatic heterocycles. The molecule has 2 atom stereocenters. The van der Waals surface area contributed by atoms with Crippen molar-refractivity contribution in [2.24, 2.45) is 0 Å². The lowest BCUT2D eigenvalue weighted by Gasteiger charge is -2.33. The molecule has 0 saturated heterocycles. The second kappa shape index (κ2) is 18.1. The Balaban J connectivity index is 1.29. The van der Waals surface area contributed by atoms with E-state index in [0.717, 1.165) is 60.6 Å². The second-order valence-electron chi connectivity index (χ2n) is 15.3. The van der Waals surface area contributed by atoms with Crippen LogP contribution in [0.2, 0.25) is 0 Å². The molecule has 6 aromatic rings. The Morgan fingerprint density at radius 2 is 1.22 bits per heavy atom. The lowest BCUT2D eigenvalue weighted by Crippen LogP contribution is -2.26. The van der Waals surface area contributed by atoms with Crippen molar-refractivity contribution < 1.29 is 0 Å². The number of aryl methyl sites for hydroxylation is 1. The molecule has 290 valence electrons. The van der Waals surface area contributed by atoms with Gasteiger partial charge in [-0.1, -0.05) is 165 Å². The molecule has 0 bridgehead atoms. The summed E-state index contributed by atoms with van der Waals surface area (Å²) in [5.74, 6) is 0.363. The van der Waals surface area contributed by atoms with Crippen molar-refractivity contribution in [1.82, 2.24) is 0 Å². The van der Waals surface area contributed by atoms with Gasteiger partial charge in [0.25, 0.3) is 0 Å². The zero-order chi connectivity index (χ0) is 40.4. The highest BCUT2D eigenvalue weighted by molar-refractivity contribution is 5.82. The van der Waals surface area contributed by atoms with E-state index in [0.29, 0.717) is 5.92 Å². The fourth-order valence-electron chi connectivity index (χ4n) is 9.31. The van der Waals surface area contributed by atoms with Crippen molar-refractivity contribution in [2.45, 2.75) is 43.4 Å². The second-order valence-corrected chi connectivity index (χ2v) is 15.3. The Labute approximate surface area is 351 Å². The molecule has 1 spiro atoms. The number of allylic oxidation sites excluding steroid dienone is 9. The normalized spacial score (nSPS) is 16.8. The SMILES string of the molecule is C=C/C=C\C=C/CCC1=Cc2cc(N(/C(C=C)=C/C=C)c3ccccc3)ccc2C12CC(CCc1ccccc1)c1cc(N(c3ccccc3)c3ccccc3)ccc12. The third kappa shape index (κ3) is 8.00. The number of hydrogen-bond donors (Lipinski definition) is 0. The minimum Gasteiger partial charge on any atom is -0.311 e. The van der Waals surface area contributed by atoms with E-state index in [1.165, 1.54) is 39.1 Å². The van der Waals surface area contributed by atoms with Gasteiger partial charge >= 0.3 is 0 Å². The zero-order valence-corrected chi connectivity index (χ0v) is 33.8. The fraction of sp³-hybridized carbons (Fsp3) is 0.123. The monoisotopic (exact) mass is 764 g/mol. The van der Waals surface area contributed by atoms with Crippen LogP contribution in [0, 0.1) is 0 Å². The molecule has 8 rings (SSSR count). The maximum Gasteiger partial charge on any atom is 0.0467 e. The first-order chi connectivity index (χ1) is 29.1. The molecule has 0 saturated carbocycles. The first kappa shape index (κ1) is 38.9. The first-order valence-corrected chi connectivity index (χ1v) is 20.8. The van der Waals surface area contributed by atoms with Gasteiger partial charge in [-0.2, -0.15) is 0 Å². The fourth-order valence-corrected chi connectivity index (χ4v) is 9.31. The van der Waals surface area contributed by atoms with Gasteiger partial charge in [0, 0.05) is 39.5 Å². The van der Waals surface area contributed by atoms with Crippen LogP contribution in [0.4, 0.5) is 28.4 Å². The minimum absolute atomic E-state index is 0.242. The van der Waals surface area contributed by atoms with Crippen LogP contribution in [0.15, 0.2) is 237 Å². The number of nitrogens with zero attached hydrogens (tertiary/aromatic N) is 2. The third-order valence-corrected chi connectivity index (χ3v) is 11.9. The van der Waals surface area contributed by atoms with Crippen LogP contribution in [-0.2, 0) is 11.8 Å². The van der Waals surface area contributed by atoms with Crippen molar-refractivity contribution in [3.05, 3.63) is 265 Å². The van der Waals surface area contributed by atoms with Crippen LogP contribution in [0.1, 0.15) is 59.4 Å². The maximum atomic E-state index is 4.20. The van der Waals surface area contributed by atoms with Crippen LogP contribution in [-0.4, -0.2) is 0 Å². The number of rotatable bonds is 16. The maximum absolute atomic E-state index is 4.20. The Morgan fingerprint density at radius 3 is 1.86 bits per heavy atom. The van der Waals surface area contributed by atoms with Crippen LogP contribution in [0.5, 0.6) is 0 Å². The summed E-state index contributed by atoms with van der Waals surface area (Å²) in [5, 5.41) is 0. The predicted octanol–water partition coefficient (Wildman–Crippen LogP) is 15.4. The Hall–Kier alpha value is -6.90. The summed E-state index contributed by atoms with van der Waals surface area (Å²) < 4.78 is 0. The highest BCUT2D eigenvalue weighted by atomic mass is 15.1. The van der Waals surface area contributed by atoms with Crippen LogP contribution < -0.4 is 9.80 Å². The molecule has 0 radical (unpaired) electrons. The summed E-state index contributed by atoms with van der Waals surface area (Å²) in [6, 6.07) is 57.5. The van der Waals surface area contributed by atoms with Crippen LogP contribution in [0.25, 0.3) is 6.08 Å². The highest BCUT2D eigenvalue weighted by Gasteiger charge is 2.50. The number of benzene rings is 6. The van der Waals surface area contributed by atoms with Crippen molar-refractivity contribution in [3.8, 4) is 0 Å². The number of fused-ring (bicyclic) bond motifs is 4. The lowest BCUT2D eigenvalue weighted by atomic mass is 9.70. The molecule has 2 aliphatic rings. The van der Waals surface area contributed by atoms with Gasteiger partial charge in [0.2, 0.25) is 0 Å². The summed E-state index contributed by atoms with van der Waals surface area (Å²) in [4.78, 5) is 4.68. The number of anilines is 5. The van der Waals surface area contributed by atoms with Gasteiger partial charge in [-0.25, -0.2) is 0 Å². The average molecular weight is 765 g/mol. The smallest absolute Gasteiger partial charge is 0.0467 e. The molecular formula is C57H52N2. The molecule has 0 amide bonds. The van der Waals surface area contributed by atoms with E-state index < -0.39 is 0 Å². The minimum atomic E-state index is -0.242. The van der Waals surface area contributed by atoms with E-state index in [-0.39, 0.29) is 5.41 Å². The molecule has 0 N–H and O–H groups in total. The van der Waals surface area contributed by atoms with E-state index in [2.05, 4.69) is 212 Å². The molecule has 6 aromatic carbocycles. The van der Waals surface area contributed by atoms with Crippen molar-refractivity contribution in [2.75, 3.05) is 9.80 Å². The highest BCUT2D eigenvalue weighted by Crippen LogP contribution is 2.61. The number of hydrogen-bond acceptors (Lipinski definition) is 2. The molecule has 2 aliphatic carbocycles. The average Bonchev–Trinajstić information content (AvgIpc) is 3.78. The van der Waals surface area contributed by atoms with E-state index >= 15 is 0 Å². The summed E-state index contributed by atoms with van der Waals surface area (Å²) in [5.41, 5.74) is 14.8. The summed E-state index contributed by atoms with van der Waals surface area (Å²) in [6.45, 7) is 12.1. The van der Waals surface area contributed by atoms with Gasteiger partial charge in [0.15, 0.2) is 0 Å². The van der Waals surface area contributed by atoms with E-state index in [1.807, 2.05) is 30.4 Å². The van der Waals surface area contributed by atoms with Gasteiger partial charge in [-0.15, -0.1) is 0 Å². The molecular weight excluding hydrogens is 713 g/mol. The molecule has 2 nitrogen and oxygen atoms in total. The Kier molecular flexibility index (Phi) is 12.0. The third-order valence-electron chi connectivity index (χ3n) is 11.9. The zero-order valence-electron chi connectivity index (χ0n) is 33.8. The van der Waals surface area contributed by atoms with Gasteiger partial charge in [-0.3, -0.25) is 0 Å². The van der Waals surface area contributed by atoms with Gasteiger partial charge in [-0.05, 0) is 139 Å². The molecule has 2 heteroatoms. The van der Waals surface area contributed by atoms with Crippen molar-refractivity contribution in [1.29, 1.82) is 0 Å². The Morgan fingerprint density at radius 1 is 0.593 bits per heavy atom. The van der Waals surface area contributed by atoms with Gasteiger partial charge in [0.05, 0.1) is 0 Å². The lowest BCUT2D eigenvalue weighted by molar-refractivity contribution is 0.505. The standard InChI is InChI=1S/C57H52N2/c1-4-7-8-9-10-17-27-47-40-46-41-52(58(48(6-3)24-5-2)49-28-18-12-19-29-49)36-38-55(46)57(47)43-45(35-34-44-25-15-11-16-26-44)54-42-53(37-39-56(54)57)59(50-30-20-13-21-31-50)51-32-22-14-23-33-51/h4-16,18-26,28-33,36-42,45H,1-3,17,27,34-35,43H2/b8-7-,10-9-,48-24+. The van der Waals surface area contributed by atoms with Crippen molar-refractivity contribution in [3.63, 3.8) is 0 Å². The molecule has 0 heterocycles. The van der Waals surface area contributed by atoms with Gasteiger partial charge in [0.1, 0.15) is 0 Å². The summed E-state index contributed by atoms with van der Waals surface area (Å²) in [7, 11) is 0. The van der Waals surface area contributed by atoms with E-state index in [4.69, 9.17) is 0 Å². The van der Waals surface area contributed by atoms with Gasteiger partial charge < -0.3 is 9.80 Å². The topological polar surface area (TPSA) is 6.48 Å². The first-order valence-electron chi connectivity index (χ1n) is 20.8. The van der Waals surface area contributed by atoms with Crippen molar-refractivity contribution >= 4 is 34.5 Å². The number of para-hydroxylation sites is 3. The van der Waals surface area contributed by atoms with Crippen LogP contribution in [0.3, 0.4) is 0 Å².